The van der Waals surface area contributed by atoms with Gasteiger partial charge in [0.15, 0.2) is 0 Å². The number of carbonyl (C=O) groups is 1. The average molecular weight is 392 g/mol. The van der Waals surface area contributed by atoms with Gasteiger partial charge in [-0.15, -0.1) is 0 Å². The first-order chi connectivity index (χ1) is 14.0. The lowest BCUT2D eigenvalue weighted by Gasteiger charge is -2.38. The van der Waals surface area contributed by atoms with Gasteiger partial charge in [-0.05, 0) is 61.2 Å². The largest absolute Gasteiger partial charge is 0.497 e. The maximum Gasteiger partial charge on any atom is 0.251 e. The van der Waals surface area contributed by atoms with Gasteiger partial charge in [-0.25, -0.2) is 0 Å². The van der Waals surface area contributed by atoms with Crippen LogP contribution in [0.2, 0.25) is 0 Å². The van der Waals surface area contributed by atoms with Gasteiger partial charge in [0.2, 0.25) is 0 Å². The van der Waals surface area contributed by atoms with Crippen LogP contribution in [0.15, 0.2) is 48.7 Å². The number of benzene rings is 2. The summed E-state index contributed by atoms with van der Waals surface area (Å²) < 4.78 is 13.0. The summed E-state index contributed by atoms with van der Waals surface area (Å²) in [5.74, 6) is 0.807. The number of hydrogen-bond acceptors (Lipinski definition) is 3. The number of ether oxygens (including phenoxy) is 2. The summed E-state index contributed by atoms with van der Waals surface area (Å²) >= 11 is 0. The molecule has 1 N–H and O–H groups in total. The lowest BCUT2D eigenvalue weighted by Crippen LogP contribution is -2.44. The normalized spacial score (nSPS) is 16.0. The van der Waals surface area contributed by atoms with Gasteiger partial charge in [-0.1, -0.05) is 12.1 Å². The lowest BCUT2D eigenvalue weighted by atomic mass is 9.74. The average Bonchev–Trinajstić information content (AvgIpc) is 3.05. The van der Waals surface area contributed by atoms with Crippen molar-refractivity contribution in [1.29, 1.82) is 0 Å². The molecule has 29 heavy (non-hydrogen) atoms. The van der Waals surface area contributed by atoms with E-state index in [4.69, 9.17) is 9.47 Å². The molecule has 0 aliphatic carbocycles. The molecule has 1 amide bonds. The number of methoxy groups -OCH3 is 1. The smallest absolute Gasteiger partial charge is 0.251 e. The quantitative estimate of drug-likeness (QED) is 0.715. The predicted molar refractivity (Wildman–Crippen MR) is 115 cm³/mol. The third-order valence-electron chi connectivity index (χ3n) is 6.19. The second-order valence-corrected chi connectivity index (χ2v) is 7.96. The number of amides is 1. The number of aryl methyl sites for hydroxylation is 2. The zero-order valence-electron chi connectivity index (χ0n) is 17.3. The molecule has 1 aromatic heterocycles. The summed E-state index contributed by atoms with van der Waals surface area (Å²) in [7, 11) is 3.70. The lowest BCUT2D eigenvalue weighted by molar-refractivity contribution is 0.0487. The molecule has 1 aliphatic heterocycles. The minimum absolute atomic E-state index is 0.0328. The molecule has 1 fully saturated rings. The van der Waals surface area contributed by atoms with Gasteiger partial charge >= 0.3 is 0 Å². The fourth-order valence-electron chi connectivity index (χ4n) is 4.36. The van der Waals surface area contributed by atoms with E-state index in [2.05, 4.69) is 35.1 Å². The first-order valence-electron chi connectivity index (χ1n) is 10.1. The summed E-state index contributed by atoms with van der Waals surface area (Å²) in [4.78, 5) is 13.0. The van der Waals surface area contributed by atoms with Gasteiger partial charge in [-0.3, -0.25) is 4.79 Å². The Hall–Kier alpha value is -2.79. The molecule has 0 spiro atoms. The van der Waals surface area contributed by atoms with E-state index in [1.165, 1.54) is 11.1 Å². The number of aromatic nitrogens is 1. The van der Waals surface area contributed by atoms with E-state index in [-0.39, 0.29) is 11.3 Å². The molecule has 5 heteroatoms. The van der Waals surface area contributed by atoms with E-state index in [1.807, 2.05) is 37.4 Å². The van der Waals surface area contributed by atoms with Gasteiger partial charge in [0.1, 0.15) is 5.75 Å². The Bertz CT molecular complexity index is 1010. The van der Waals surface area contributed by atoms with Crippen molar-refractivity contribution in [2.24, 2.45) is 7.05 Å². The van der Waals surface area contributed by atoms with Crippen LogP contribution < -0.4 is 10.1 Å². The summed E-state index contributed by atoms with van der Waals surface area (Å²) in [6.07, 6.45) is 3.86. The summed E-state index contributed by atoms with van der Waals surface area (Å²) in [5, 5.41) is 4.32. The highest BCUT2D eigenvalue weighted by Crippen LogP contribution is 2.35. The predicted octanol–water partition coefficient (Wildman–Crippen LogP) is 3.97. The Morgan fingerprint density at radius 1 is 1.17 bits per heavy atom. The molecule has 0 bridgehead atoms. The van der Waals surface area contributed by atoms with Gasteiger partial charge in [0.25, 0.3) is 5.91 Å². The molecule has 5 nitrogen and oxygen atoms in total. The standard InChI is InChI=1S/C24H28N2O3/c1-17-15-26(2)22-9-4-18(14-21(17)22)23(27)25-16-24(10-12-29-13-11-24)19-5-7-20(28-3)8-6-19/h4-9,14-15H,10-13,16H2,1-3H3,(H,25,27). The zero-order chi connectivity index (χ0) is 20.4. The molecular formula is C24H28N2O3. The maximum absolute atomic E-state index is 13.0. The molecule has 2 aromatic carbocycles. The fraction of sp³-hybridized carbons (Fsp3) is 0.375. The number of rotatable bonds is 5. The highest BCUT2D eigenvalue weighted by atomic mass is 16.5. The molecule has 0 unspecified atom stereocenters. The van der Waals surface area contributed by atoms with E-state index >= 15 is 0 Å². The summed E-state index contributed by atoms with van der Waals surface area (Å²) in [5.41, 5.74) is 4.11. The first-order valence-corrected chi connectivity index (χ1v) is 10.1. The van der Waals surface area contributed by atoms with E-state index < -0.39 is 0 Å². The van der Waals surface area contributed by atoms with Crippen LogP contribution in [0.3, 0.4) is 0 Å². The van der Waals surface area contributed by atoms with Gasteiger partial charge in [-0.2, -0.15) is 0 Å². The van der Waals surface area contributed by atoms with Crippen molar-refractivity contribution in [2.45, 2.75) is 25.2 Å². The SMILES string of the molecule is COc1ccc(C2(CNC(=O)c3ccc4c(c3)c(C)cn4C)CCOCC2)cc1. The number of nitrogens with one attached hydrogen (secondary N) is 1. The third-order valence-corrected chi connectivity index (χ3v) is 6.19. The summed E-state index contributed by atoms with van der Waals surface area (Å²) in [6.45, 7) is 4.08. The van der Waals surface area contributed by atoms with Gasteiger partial charge in [0, 0.05) is 54.9 Å². The van der Waals surface area contributed by atoms with Crippen LogP contribution in [0.4, 0.5) is 0 Å². The molecule has 0 saturated carbocycles. The van der Waals surface area contributed by atoms with Crippen molar-refractivity contribution < 1.29 is 14.3 Å². The first kappa shape index (κ1) is 19.5. The van der Waals surface area contributed by atoms with Crippen molar-refractivity contribution in [1.82, 2.24) is 9.88 Å². The third kappa shape index (κ3) is 3.75. The molecule has 0 radical (unpaired) electrons. The zero-order valence-corrected chi connectivity index (χ0v) is 17.3. The second kappa shape index (κ2) is 7.91. The van der Waals surface area contributed by atoms with E-state index in [0.717, 1.165) is 29.5 Å². The van der Waals surface area contributed by atoms with Crippen molar-refractivity contribution in [2.75, 3.05) is 26.9 Å². The molecule has 0 atom stereocenters. The van der Waals surface area contributed by atoms with E-state index in [9.17, 15) is 4.79 Å². The van der Waals surface area contributed by atoms with Crippen LogP contribution in [-0.4, -0.2) is 37.3 Å². The molecular weight excluding hydrogens is 364 g/mol. The van der Waals surface area contributed by atoms with Crippen molar-refractivity contribution in [3.63, 3.8) is 0 Å². The van der Waals surface area contributed by atoms with Crippen LogP contribution >= 0.6 is 0 Å². The van der Waals surface area contributed by atoms with Crippen LogP contribution in [-0.2, 0) is 17.2 Å². The Morgan fingerprint density at radius 2 is 1.90 bits per heavy atom. The van der Waals surface area contributed by atoms with E-state index in [1.54, 1.807) is 7.11 Å². The van der Waals surface area contributed by atoms with Crippen LogP contribution in [0, 0.1) is 6.92 Å². The molecule has 1 aliphatic rings. The van der Waals surface area contributed by atoms with Crippen molar-refractivity contribution in [3.8, 4) is 5.75 Å². The van der Waals surface area contributed by atoms with Crippen LogP contribution in [0.1, 0.15) is 34.3 Å². The molecule has 4 rings (SSSR count). The molecule has 1 saturated heterocycles. The van der Waals surface area contributed by atoms with Crippen molar-refractivity contribution >= 4 is 16.8 Å². The van der Waals surface area contributed by atoms with Gasteiger partial charge in [0.05, 0.1) is 7.11 Å². The highest BCUT2D eigenvalue weighted by Gasteiger charge is 2.35. The highest BCUT2D eigenvalue weighted by molar-refractivity contribution is 5.99. The Morgan fingerprint density at radius 3 is 2.59 bits per heavy atom. The minimum atomic E-state index is -0.118. The fourth-order valence-corrected chi connectivity index (χ4v) is 4.36. The number of fused-ring (bicyclic) bond motifs is 1. The summed E-state index contributed by atoms with van der Waals surface area (Å²) in [6, 6.07) is 14.1. The Balaban J connectivity index is 1.55. The van der Waals surface area contributed by atoms with Gasteiger partial charge < -0.3 is 19.4 Å². The monoisotopic (exact) mass is 392 g/mol. The maximum atomic E-state index is 13.0. The Kier molecular flexibility index (Phi) is 5.33. The van der Waals surface area contributed by atoms with E-state index in [0.29, 0.717) is 25.3 Å². The molecule has 2 heterocycles. The number of hydrogen-bond donors (Lipinski definition) is 1. The Labute approximate surface area is 171 Å². The molecule has 3 aromatic rings. The van der Waals surface area contributed by atoms with Crippen LogP contribution in [0.25, 0.3) is 10.9 Å². The number of carbonyl (C=O) groups excluding carboxylic acids is 1. The minimum Gasteiger partial charge on any atom is -0.497 e. The van der Waals surface area contributed by atoms with Crippen molar-refractivity contribution in [3.05, 3.63) is 65.4 Å². The van der Waals surface area contributed by atoms with Crippen LogP contribution in [0.5, 0.6) is 5.75 Å². The molecule has 152 valence electrons. The topological polar surface area (TPSA) is 52.5 Å². The second-order valence-electron chi connectivity index (χ2n) is 7.96. The number of nitrogens with zero attached hydrogens (tertiary/aromatic N) is 1.